The number of nitrogens with one attached hydrogen (secondary N) is 1. The highest BCUT2D eigenvalue weighted by Crippen LogP contribution is 2.21. The zero-order valence-electron chi connectivity index (χ0n) is 13.9. The van der Waals surface area contributed by atoms with Crippen molar-refractivity contribution >= 4 is 0 Å². The second-order valence-corrected chi connectivity index (χ2v) is 5.93. The van der Waals surface area contributed by atoms with E-state index in [1.165, 1.54) is 0 Å². The van der Waals surface area contributed by atoms with Crippen LogP contribution in [0.5, 0.6) is 0 Å². The van der Waals surface area contributed by atoms with Crippen molar-refractivity contribution in [2.75, 3.05) is 13.1 Å². The first kappa shape index (κ1) is 16.1. The van der Waals surface area contributed by atoms with Gasteiger partial charge in [0.15, 0.2) is 0 Å². The number of oxazole rings is 1. The smallest absolute Gasteiger partial charge is 0.226 e. The van der Waals surface area contributed by atoms with E-state index in [1.54, 1.807) is 0 Å². The van der Waals surface area contributed by atoms with Gasteiger partial charge in [-0.1, -0.05) is 18.2 Å². The van der Waals surface area contributed by atoms with E-state index in [1.807, 2.05) is 49.7 Å². The average Bonchev–Trinajstić information content (AvgIpc) is 3.22. The summed E-state index contributed by atoms with van der Waals surface area (Å²) in [4.78, 5) is 6.68. The van der Waals surface area contributed by atoms with Crippen LogP contribution in [0.3, 0.4) is 0 Å². The van der Waals surface area contributed by atoms with Gasteiger partial charge in [-0.2, -0.15) is 5.26 Å². The summed E-state index contributed by atoms with van der Waals surface area (Å²) in [7, 11) is 0. The van der Waals surface area contributed by atoms with Crippen LogP contribution in [0.25, 0.3) is 11.5 Å². The standard InChI is InChI=1S/C19H22N4O/c1-15-18(22-19(24-15)16-6-3-2-4-7-16)9-10-21-11-13-23-12-5-8-17(23)14-20/h2-4,6-7,11,13,17,21H,5,8-10,12H2,1H3/t17-/m0/s1. The molecule has 0 unspecified atom stereocenters. The van der Waals surface area contributed by atoms with E-state index >= 15 is 0 Å². The fourth-order valence-corrected chi connectivity index (χ4v) is 2.89. The van der Waals surface area contributed by atoms with Gasteiger partial charge in [-0.05, 0) is 31.9 Å². The molecule has 0 saturated carbocycles. The van der Waals surface area contributed by atoms with E-state index < -0.39 is 0 Å². The summed E-state index contributed by atoms with van der Waals surface area (Å²) < 4.78 is 5.77. The Bertz CT molecular complexity index is 730. The van der Waals surface area contributed by atoms with Gasteiger partial charge in [0, 0.05) is 37.5 Å². The van der Waals surface area contributed by atoms with Crippen molar-refractivity contribution in [3.8, 4) is 17.5 Å². The minimum atomic E-state index is 0.0225. The third-order valence-corrected chi connectivity index (χ3v) is 4.25. The van der Waals surface area contributed by atoms with Crippen LogP contribution < -0.4 is 5.32 Å². The number of hydrogen-bond donors (Lipinski definition) is 1. The van der Waals surface area contributed by atoms with Crippen molar-refractivity contribution in [2.24, 2.45) is 0 Å². The molecule has 5 nitrogen and oxygen atoms in total. The number of nitrogens with zero attached hydrogens (tertiary/aromatic N) is 3. The van der Waals surface area contributed by atoms with Gasteiger partial charge in [0.2, 0.25) is 5.89 Å². The number of aromatic nitrogens is 1. The van der Waals surface area contributed by atoms with E-state index in [4.69, 9.17) is 9.68 Å². The Morgan fingerprint density at radius 1 is 1.42 bits per heavy atom. The number of nitriles is 1. The summed E-state index contributed by atoms with van der Waals surface area (Å²) in [5.74, 6) is 1.54. The average molecular weight is 322 g/mol. The number of likely N-dealkylation sites (tertiary alicyclic amines) is 1. The molecular weight excluding hydrogens is 300 g/mol. The zero-order valence-corrected chi connectivity index (χ0v) is 13.9. The van der Waals surface area contributed by atoms with Gasteiger partial charge in [0.25, 0.3) is 0 Å². The lowest BCUT2D eigenvalue weighted by molar-refractivity contribution is 0.406. The van der Waals surface area contributed by atoms with Gasteiger partial charge < -0.3 is 14.6 Å². The van der Waals surface area contributed by atoms with Gasteiger partial charge in [0.05, 0.1) is 11.8 Å². The molecule has 1 aliphatic rings. The van der Waals surface area contributed by atoms with Crippen molar-refractivity contribution in [1.29, 1.82) is 5.26 Å². The van der Waals surface area contributed by atoms with Crippen LogP contribution in [0, 0.1) is 18.3 Å². The highest BCUT2D eigenvalue weighted by molar-refractivity contribution is 5.53. The number of rotatable bonds is 6. The Balaban J connectivity index is 1.51. The van der Waals surface area contributed by atoms with E-state index in [-0.39, 0.29) is 6.04 Å². The van der Waals surface area contributed by atoms with E-state index in [9.17, 15) is 0 Å². The maximum atomic E-state index is 9.05. The van der Waals surface area contributed by atoms with Gasteiger partial charge in [-0.25, -0.2) is 4.98 Å². The topological polar surface area (TPSA) is 65.1 Å². The lowest BCUT2D eigenvalue weighted by Crippen LogP contribution is -2.23. The molecule has 0 bridgehead atoms. The molecule has 5 heteroatoms. The van der Waals surface area contributed by atoms with E-state index in [0.717, 1.165) is 49.4 Å². The monoisotopic (exact) mass is 322 g/mol. The van der Waals surface area contributed by atoms with Crippen molar-refractivity contribution in [2.45, 2.75) is 32.2 Å². The SMILES string of the molecule is Cc1oc(-c2ccccc2)nc1CCNC=CN1CCC[C@H]1C#N. The molecule has 0 aliphatic carbocycles. The normalized spacial score (nSPS) is 17.3. The third kappa shape index (κ3) is 3.77. The predicted molar refractivity (Wildman–Crippen MR) is 92.9 cm³/mol. The first-order chi connectivity index (χ1) is 11.8. The second-order valence-electron chi connectivity index (χ2n) is 5.93. The second kappa shape index (κ2) is 7.69. The number of benzene rings is 1. The summed E-state index contributed by atoms with van der Waals surface area (Å²) in [5.41, 5.74) is 1.97. The Hall–Kier alpha value is -2.74. The predicted octanol–water partition coefficient (Wildman–Crippen LogP) is 3.24. The molecule has 24 heavy (non-hydrogen) atoms. The molecule has 1 aromatic heterocycles. The summed E-state index contributed by atoms with van der Waals surface area (Å²) in [6, 6.07) is 12.3. The Morgan fingerprint density at radius 2 is 2.25 bits per heavy atom. The minimum Gasteiger partial charge on any atom is -0.441 e. The molecule has 0 radical (unpaired) electrons. The first-order valence-corrected chi connectivity index (χ1v) is 8.35. The molecule has 2 aromatic rings. The molecule has 1 saturated heterocycles. The molecule has 0 amide bonds. The summed E-state index contributed by atoms with van der Waals surface area (Å²) in [6.07, 6.45) is 6.74. The van der Waals surface area contributed by atoms with E-state index in [2.05, 4.69) is 21.3 Å². The quantitative estimate of drug-likeness (QED) is 0.827. The Labute approximate surface area is 142 Å². The molecule has 1 N–H and O–H groups in total. The molecule has 2 heterocycles. The van der Waals surface area contributed by atoms with Crippen LogP contribution >= 0.6 is 0 Å². The summed E-state index contributed by atoms with van der Waals surface area (Å²) >= 11 is 0. The van der Waals surface area contributed by atoms with Gasteiger partial charge in [0.1, 0.15) is 11.8 Å². The maximum absolute atomic E-state index is 9.05. The largest absolute Gasteiger partial charge is 0.441 e. The minimum absolute atomic E-state index is 0.0225. The molecule has 1 aliphatic heterocycles. The third-order valence-electron chi connectivity index (χ3n) is 4.25. The van der Waals surface area contributed by atoms with Crippen LogP contribution in [0.1, 0.15) is 24.3 Å². The summed E-state index contributed by atoms with van der Waals surface area (Å²) in [6.45, 7) is 3.69. The van der Waals surface area contributed by atoms with E-state index in [0.29, 0.717) is 5.89 Å². The fourth-order valence-electron chi connectivity index (χ4n) is 2.89. The highest BCUT2D eigenvalue weighted by atomic mass is 16.4. The molecule has 1 atom stereocenters. The van der Waals surface area contributed by atoms with Crippen LogP contribution in [-0.4, -0.2) is 29.0 Å². The molecule has 3 rings (SSSR count). The molecule has 0 spiro atoms. The van der Waals surface area contributed by atoms with Crippen LogP contribution in [-0.2, 0) is 6.42 Å². The van der Waals surface area contributed by atoms with Crippen LogP contribution in [0.2, 0.25) is 0 Å². The molecule has 124 valence electrons. The number of aryl methyl sites for hydroxylation is 1. The highest BCUT2D eigenvalue weighted by Gasteiger charge is 2.20. The maximum Gasteiger partial charge on any atom is 0.226 e. The molecule has 1 fully saturated rings. The number of hydrogen-bond acceptors (Lipinski definition) is 5. The van der Waals surface area contributed by atoms with Crippen molar-refractivity contribution in [3.63, 3.8) is 0 Å². The first-order valence-electron chi connectivity index (χ1n) is 8.35. The van der Waals surface area contributed by atoms with Crippen LogP contribution in [0.4, 0.5) is 0 Å². The molecular formula is C19H22N4O. The van der Waals surface area contributed by atoms with Gasteiger partial charge >= 0.3 is 0 Å². The van der Waals surface area contributed by atoms with Crippen molar-refractivity contribution < 1.29 is 4.42 Å². The zero-order chi connectivity index (χ0) is 16.8. The van der Waals surface area contributed by atoms with Gasteiger partial charge in [-0.3, -0.25) is 0 Å². The Kier molecular flexibility index (Phi) is 5.17. The van der Waals surface area contributed by atoms with Crippen LogP contribution in [0.15, 0.2) is 47.1 Å². The summed E-state index contributed by atoms with van der Waals surface area (Å²) in [5, 5.41) is 12.3. The fraction of sp³-hybridized carbons (Fsp3) is 0.368. The van der Waals surface area contributed by atoms with Crippen molar-refractivity contribution in [3.05, 3.63) is 54.2 Å². The lowest BCUT2D eigenvalue weighted by atomic mass is 10.2. The Morgan fingerprint density at radius 3 is 3.04 bits per heavy atom. The van der Waals surface area contributed by atoms with Crippen molar-refractivity contribution in [1.82, 2.24) is 15.2 Å². The molecule has 1 aromatic carbocycles. The lowest BCUT2D eigenvalue weighted by Gasteiger charge is -2.15. The van der Waals surface area contributed by atoms with Gasteiger partial charge in [-0.15, -0.1) is 0 Å².